The first kappa shape index (κ1) is 15.9. The highest BCUT2D eigenvalue weighted by atomic mass is 19.1. The molecule has 0 saturated heterocycles. The average molecular weight is 305 g/mol. The lowest BCUT2D eigenvalue weighted by Crippen LogP contribution is -2.40. The van der Waals surface area contributed by atoms with E-state index in [0.717, 1.165) is 12.6 Å². The van der Waals surface area contributed by atoms with Gasteiger partial charge in [0.15, 0.2) is 0 Å². The summed E-state index contributed by atoms with van der Waals surface area (Å²) in [6.07, 6.45) is 5.24. The van der Waals surface area contributed by atoms with Gasteiger partial charge in [0, 0.05) is 19.2 Å². The number of aryl methyl sites for hydroxylation is 1. The Balaban J connectivity index is 2.30. The average Bonchev–Trinajstić information content (AvgIpc) is 2.88. The summed E-state index contributed by atoms with van der Waals surface area (Å²) in [7, 11) is 0. The zero-order valence-corrected chi connectivity index (χ0v) is 13.0. The maximum atomic E-state index is 13.3. The second-order valence-electron chi connectivity index (χ2n) is 4.88. The molecule has 0 unspecified atom stereocenters. The first-order chi connectivity index (χ1) is 10.6. The maximum Gasteiger partial charge on any atom is 0.321 e. The van der Waals surface area contributed by atoms with E-state index in [1.807, 2.05) is 20.8 Å². The van der Waals surface area contributed by atoms with E-state index in [-0.39, 0.29) is 6.03 Å². The minimum atomic E-state index is -0.430. The van der Waals surface area contributed by atoms with E-state index in [1.165, 1.54) is 16.9 Å². The van der Waals surface area contributed by atoms with Crippen molar-refractivity contribution in [1.82, 2.24) is 20.1 Å². The van der Waals surface area contributed by atoms with E-state index in [9.17, 15) is 9.18 Å². The van der Waals surface area contributed by atoms with Crippen molar-refractivity contribution < 1.29 is 9.18 Å². The van der Waals surface area contributed by atoms with Gasteiger partial charge in [0.25, 0.3) is 0 Å². The summed E-state index contributed by atoms with van der Waals surface area (Å²) < 4.78 is 14.8. The van der Waals surface area contributed by atoms with Gasteiger partial charge in [-0.2, -0.15) is 5.10 Å². The number of hydrogen-bond donors (Lipinski definition) is 1. The number of nitrogens with zero attached hydrogens (tertiary/aromatic N) is 4. The van der Waals surface area contributed by atoms with Crippen molar-refractivity contribution in [2.75, 3.05) is 18.0 Å². The van der Waals surface area contributed by atoms with Gasteiger partial charge in [0.05, 0.1) is 35.7 Å². The molecule has 0 aliphatic rings. The normalized spacial score (nSPS) is 10.5. The van der Waals surface area contributed by atoms with E-state index >= 15 is 0 Å². The summed E-state index contributed by atoms with van der Waals surface area (Å²) in [6.45, 7) is 6.84. The van der Waals surface area contributed by atoms with Crippen molar-refractivity contribution in [2.45, 2.75) is 27.2 Å². The Morgan fingerprint density at radius 2 is 2.18 bits per heavy atom. The van der Waals surface area contributed by atoms with Gasteiger partial charge in [-0.05, 0) is 20.3 Å². The molecular weight excluding hydrogens is 285 g/mol. The van der Waals surface area contributed by atoms with E-state index in [2.05, 4.69) is 15.4 Å². The number of pyridine rings is 1. The fourth-order valence-electron chi connectivity index (χ4n) is 2.12. The number of carbonyl (C=O) groups is 1. The minimum Gasteiger partial charge on any atom is -0.338 e. The third kappa shape index (κ3) is 3.41. The van der Waals surface area contributed by atoms with Gasteiger partial charge < -0.3 is 5.32 Å². The molecule has 2 amide bonds. The van der Waals surface area contributed by atoms with Gasteiger partial charge in [-0.15, -0.1) is 0 Å². The van der Waals surface area contributed by atoms with Gasteiger partial charge in [-0.3, -0.25) is 9.88 Å². The number of halogens is 1. The van der Waals surface area contributed by atoms with Crippen molar-refractivity contribution >= 4 is 11.7 Å². The maximum absolute atomic E-state index is 13.3. The summed E-state index contributed by atoms with van der Waals surface area (Å²) in [5.41, 5.74) is 1.90. The SMILES string of the molecule is CCCNC(=O)N(CC)c1cn(-c2cncc(F)c2)nc1C. The monoisotopic (exact) mass is 305 g/mol. The van der Waals surface area contributed by atoms with E-state index in [1.54, 1.807) is 11.1 Å². The molecule has 0 spiro atoms. The zero-order chi connectivity index (χ0) is 16.1. The fourth-order valence-corrected chi connectivity index (χ4v) is 2.12. The molecular formula is C15H20FN5O. The van der Waals surface area contributed by atoms with E-state index in [0.29, 0.717) is 30.2 Å². The molecule has 2 aromatic rings. The van der Waals surface area contributed by atoms with Gasteiger partial charge in [0.1, 0.15) is 5.82 Å². The van der Waals surface area contributed by atoms with Gasteiger partial charge >= 0.3 is 6.03 Å². The molecule has 0 bridgehead atoms. The second kappa shape index (κ2) is 7.02. The van der Waals surface area contributed by atoms with Crippen LogP contribution in [-0.2, 0) is 0 Å². The molecule has 1 N–H and O–H groups in total. The molecule has 2 heterocycles. The molecule has 7 heteroatoms. The van der Waals surface area contributed by atoms with Crippen LogP contribution in [0.1, 0.15) is 26.0 Å². The number of amides is 2. The van der Waals surface area contributed by atoms with E-state index < -0.39 is 5.82 Å². The number of hydrogen-bond acceptors (Lipinski definition) is 3. The van der Waals surface area contributed by atoms with Crippen LogP contribution in [0, 0.1) is 12.7 Å². The number of aromatic nitrogens is 3. The summed E-state index contributed by atoms with van der Waals surface area (Å²) in [5, 5.41) is 7.19. The topological polar surface area (TPSA) is 63.1 Å². The standard InChI is InChI=1S/C15H20FN5O/c1-4-6-18-15(22)20(5-2)14-10-21(19-11(14)3)13-7-12(16)8-17-9-13/h7-10H,4-6H2,1-3H3,(H,18,22). The van der Waals surface area contributed by atoms with Crippen LogP contribution in [0.3, 0.4) is 0 Å². The van der Waals surface area contributed by atoms with Crippen molar-refractivity contribution in [3.63, 3.8) is 0 Å². The molecule has 22 heavy (non-hydrogen) atoms. The Morgan fingerprint density at radius 3 is 2.82 bits per heavy atom. The molecule has 0 aromatic carbocycles. The number of nitrogens with one attached hydrogen (secondary N) is 1. The number of urea groups is 1. The number of rotatable bonds is 5. The van der Waals surface area contributed by atoms with Gasteiger partial charge in [-0.1, -0.05) is 6.92 Å². The first-order valence-electron chi connectivity index (χ1n) is 7.29. The van der Waals surface area contributed by atoms with Crippen molar-refractivity contribution in [3.8, 4) is 5.69 Å². The molecule has 6 nitrogen and oxygen atoms in total. The molecule has 0 fully saturated rings. The van der Waals surface area contributed by atoms with Crippen molar-refractivity contribution in [2.24, 2.45) is 0 Å². The van der Waals surface area contributed by atoms with Crippen LogP contribution in [0.25, 0.3) is 5.69 Å². The highest BCUT2D eigenvalue weighted by Crippen LogP contribution is 2.21. The Labute approximate surface area is 129 Å². The molecule has 2 aromatic heterocycles. The largest absolute Gasteiger partial charge is 0.338 e. The lowest BCUT2D eigenvalue weighted by molar-refractivity contribution is 0.246. The quantitative estimate of drug-likeness (QED) is 0.923. The molecule has 0 radical (unpaired) electrons. The minimum absolute atomic E-state index is 0.163. The highest BCUT2D eigenvalue weighted by Gasteiger charge is 2.18. The van der Waals surface area contributed by atoms with Crippen molar-refractivity contribution in [3.05, 3.63) is 36.2 Å². The molecule has 0 aliphatic carbocycles. The predicted molar refractivity (Wildman–Crippen MR) is 82.8 cm³/mol. The Bertz CT molecular complexity index is 655. The lowest BCUT2D eigenvalue weighted by atomic mass is 10.3. The van der Waals surface area contributed by atoms with Crippen LogP contribution in [0.5, 0.6) is 0 Å². The Morgan fingerprint density at radius 1 is 1.41 bits per heavy atom. The third-order valence-corrected chi connectivity index (χ3v) is 3.21. The van der Waals surface area contributed by atoms with Crippen LogP contribution in [-0.4, -0.2) is 33.9 Å². The van der Waals surface area contributed by atoms with E-state index in [4.69, 9.17) is 0 Å². The lowest BCUT2D eigenvalue weighted by Gasteiger charge is -2.20. The molecule has 0 aliphatic heterocycles. The second-order valence-corrected chi connectivity index (χ2v) is 4.88. The zero-order valence-electron chi connectivity index (χ0n) is 13.0. The smallest absolute Gasteiger partial charge is 0.321 e. The molecule has 118 valence electrons. The summed E-state index contributed by atoms with van der Waals surface area (Å²) in [4.78, 5) is 17.6. The molecule has 0 saturated carbocycles. The fraction of sp³-hybridized carbons (Fsp3) is 0.400. The van der Waals surface area contributed by atoms with Gasteiger partial charge in [0.2, 0.25) is 0 Å². The van der Waals surface area contributed by atoms with Crippen LogP contribution in [0.4, 0.5) is 14.9 Å². The third-order valence-electron chi connectivity index (χ3n) is 3.21. The van der Waals surface area contributed by atoms with Crippen LogP contribution in [0.15, 0.2) is 24.7 Å². The molecule has 2 rings (SSSR count). The Kier molecular flexibility index (Phi) is 5.08. The number of carbonyl (C=O) groups excluding carboxylic acids is 1. The Hall–Kier alpha value is -2.44. The summed E-state index contributed by atoms with van der Waals surface area (Å²) in [5.74, 6) is -0.430. The van der Waals surface area contributed by atoms with Crippen LogP contribution >= 0.6 is 0 Å². The van der Waals surface area contributed by atoms with Crippen molar-refractivity contribution in [1.29, 1.82) is 0 Å². The summed E-state index contributed by atoms with van der Waals surface area (Å²) >= 11 is 0. The van der Waals surface area contributed by atoms with Gasteiger partial charge in [-0.25, -0.2) is 13.9 Å². The highest BCUT2D eigenvalue weighted by molar-refractivity contribution is 5.92. The molecule has 0 atom stereocenters. The number of anilines is 1. The van der Waals surface area contributed by atoms with Crippen LogP contribution in [0.2, 0.25) is 0 Å². The first-order valence-corrected chi connectivity index (χ1v) is 7.29. The van der Waals surface area contributed by atoms with Crippen LogP contribution < -0.4 is 10.2 Å². The predicted octanol–water partition coefficient (Wildman–Crippen LogP) is 2.66. The summed E-state index contributed by atoms with van der Waals surface area (Å²) in [6, 6.07) is 1.18.